The Balaban J connectivity index is 2.40. The number of carbonyl (C=O) groups is 1. The fourth-order valence-electron chi connectivity index (χ4n) is 2.44. The lowest BCUT2D eigenvalue weighted by molar-refractivity contribution is -0.125. The zero-order valence-electron chi connectivity index (χ0n) is 12.2. The van der Waals surface area contributed by atoms with Crippen molar-refractivity contribution in [2.75, 3.05) is 26.9 Å². The van der Waals surface area contributed by atoms with Crippen molar-refractivity contribution in [3.63, 3.8) is 0 Å². The first kappa shape index (κ1) is 16.4. The van der Waals surface area contributed by atoms with Gasteiger partial charge in [0.25, 0.3) is 0 Å². The maximum atomic E-state index is 12.2. The van der Waals surface area contributed by atoms with Crippen LogP contribution in [0.4, 0.5) is 0 Å². The molecule has 2 unspecified atom stereocenters. The molecule has 0 aromatic heterocycles. The number of rotatable bonds is 8. The Morgan fingerprint density at radius 3 is 2.74 bits per heavy atom. The molecule has 1 aliphatic rings. The number of methoxy groups -OCH3 is 1. The van der Waals surface area contributed by atoms with E-state index in [1.165, 1.54) is 0 Å². The molecule has 1 fully saturated rings. The van der Waals surface area contributed by atoms with Crippen LogP contribution < -0.4 is 11.1 Å². The van der Waals surface area contributed by atoms with Crippen molar-refractivity contribution < 1.29 is 14.3 Å². The number of nitrogens with two attached hydrogens (primary N) is 1. The van der Waals surface area contributed by atoms with Crippen molar-refractivity contribution in [1.82, 2.24) is 5.32 Å². The van der Waals surface area contributed by atoms with E-state index in [0.29, 0.717) is 19.8 Å². The van der Waals surface area contributed by atoms with Gasteiger partial charge >= 0.3 is 0 Å². The number of carbonyl (C=O) groups excluding carboxylic acids is 1. The van der Waals surface area contributed by atoms with Gasteiger partial charge < -0.3 is 20.5 Å². The first-order valence-electron chi connectivity index (χ1n) is 7.31. The van der Waals surface area contributed by atoms with E-state index in [4.69, 9.17) is 15.2 Å². The summed E-state index contributed by atoms with van der Waals surface area (Å²) >= 11 is 0. The van der Waals surface area contributed by atoms with Crippen molar-refractivity contribution in [3.8, 4) is 0 Å². The molecule has 0 aromatic carbocycles. The molecule has 0 saturated carbocycles. The third-order valence-electron chi connectivity index (χ3n) is 3.70. The Labute approximate surface area is 116 Å². The van der Waals surface area contributed by atoms with Gasteiger partial charge in [0.2, 0.25) is 5.91 Å². The van der Waals surface area contributed by atoms with Crippen molar-refractivity contribution >= 4 is 5.91 Å². The number of hydrogen-bond donors (Lipinski definition) is 2. The molecule has 1 rings (SSSR count). The van der Waals surface area contributed by atoms with Gasteiger partial charge in [-0.2, -0.15) is 0 Å². The molecule has 1 aliphatic heterocycles. The summed E-state index contributed by atoms with van der Waals surface area (Å²) in [6.07, 6.45) is 4.89. The number of ether oxygens (including phenoxy) is 2. The second kappa shape index (κ2) is 9.28. The molecule has 2 atom stereocenters. The van der Waals surface area contributed by atoms with E-state index in [2.05, 4.69) is 12.2 Å². The van der Waals surface area contributed by atoms with Gasteiger partial charge in [0.05, 0.1) is 18.7 Å². The SMILES string of the molecule is CCCCC(COC)NC(=O)C(N)C1CCOCC1. The molecule has 0 aromatic rings. The molecule has 0 bridgehead atoms. The summed E-state index contributed by atoms with van der Waals surface area (Å²) < 4.78 is 10.4. The molecular formula is C14H28N2O3. The zero-order chi connectivity index (χ0) is 14.1. The monoisotopic (exact) mass is 272 g/mol. The van der Waals surface area contributed by atoms with Crippen LogP contribution in [0, 0.1) is 5.92 Å². The fourth-order valence-corrected chi connectivity index (χ4v) is 2.44. The summed E-state index contributed by atoms with van der Waals surface area (Å²) in [7, 11) is 1.66. The predicted octanol–water partition coefficient (Wildman–Crippen LogP) is 1.06. The van der Waals surface area contributed by atoms with Crippen molar-refractivity contribution in [1.29, 1.82) is 0 Å². The Kier molecular flexibility index (Phi) is 8.02. The highest BCUT2D eigenvalue weighted by Gasteiger charge is 2.27. The van der Waals surface area contributed by atoms with Gasteiger partial charge in [-0.15, -0.1) is 0 Å². The quantitative estimate of drug-likeness (QED) is 0.693. The average molecular weight is 272 g/mol. The Bertz CT molecular complexity index is 255. The van der Waals surface area contributed by atoms with Crippen LogP contribution in [0.3, 0.4) is 0 Å². The molecule has 0 spiro atoms. The normalized spacial score (nSPS) is 19.9. The molecule has 1 amide bonds. The van der Waals surface area contributed by atoms with E-state index in [9.17, 15) is 4.79 Å². The van der Waals surface area contributed by atoms with Crippen LogP contribution >= 0.6 is 0 Å². The minimum atomic E-state index is -0.426. The van der Waals surface area contributed by atoms with Gasteiger partial charge in [-0.1, -0.05) is 19.8 Å². The Hall–Kier alpha value is -0.650. The zero-order valence-corrected chi connectivity index (χ0v) is 12.2. The van der Waals surface area contributed by atoms with Crippen LogP contribution in [-0.4, -0.2) is 44.9 Å². The van der Waals surface area contributed by atoms with E-state index >= 15 is 0 Å². The van der Waals surface area contributed by atoms with E-state index < -0.39 is 6.04 Å². The van der Waals surface area contributed by atoms with E-state index in [1.807, 2.05) is 0 Å². The largest absolute Gasteiger partial charge is 0.383 e. The van der Waals surface area contributed by atoms with Crippen molar-refractivity contribution in [3.05, 3.63) is 0 Å². The van der Waals surface area contributed by atoms with Crippen LogP contribution in [0.25, 0.3) is 0 Å². The molecule has 5 heteroatoms. The average Bonchev–Trinajstić information content (AvgIpc) is 2.45. The molecule has 3 N–H and O–H groups in total. The summed E-state index contributed by atoms with van der Waals surface area (Å²) in [5, 5.41) is 3.02. The summed E-state index contributed by atoms with van der Waals surface area (Å²) in [6.45, 7) is 4.11. The summed E-state index contributed by atoms with van der Waals surface area (Å²) in [4.78, 5) is 12.2. The molecule has 1 heterocycles. The topological polar surface area (TPSA) is 73.6 Å². The van der Waals surface area contributed by atoms with Crippen LogP contribution in [0.1, 0.15) is 39.0 Å². The second-order valence-electron chi connectivity index (χ2n) is 5.28. The van der Waals surface area contributed by atoms with Crippen molar-refractivity contribution in [2.24, 2.45) is 11.7 Å². The third-order valence-corrected chi connectivity index (χ3v) is 3.70. The number of nitrogens with one attached hydrogen (secondary N) is 1. The Morgan fingerprint density at radius 2 is 2.16 bits per heavy atom. The standard InChI is InChI=1S/C14H28N2O3/c1-3-4-5-12(10-18-2)16-14(17)13(15)11-6-8-19-9-7-11/h11-13H,3-10,15H2,1-2H3,(H,16,17). The van der Waals surface area contributed by atoms with Gasteiger partial charge in [0, 0.05) is 20.3 Å². The van der Waals surface area contributed by atoms with Crippen LogP contribution in [-0.2, 0) is 14.3 Å². The lowest BCUT2D eigenvalue weighted by Crippen LogP contribution is -2.51. The first-order chi connectivity index (χ1) is 9.19. The van der Waals surface area contributed by atoms with Crippen LogP contribution in [0.15, 0.2) is 0 Å². The molecule has 112 valence electrons. The third kappa shape index (κ3) is 5.89. The first-order valence-corrected chi connectivity index (χ1v) is 7.31. The maximum absolute atomic E-state index is 12.2. The molecule has 0 aliphatic carbocycles. The maximum Gasteiger partial charge on any atom is 0.237 e. The summed E-state index contributed by atoms with van der Waals surface area (Å²) in [6, 6.07) is -0.353. The molecule has 5 nitrogen and oxygen atoms in total. The summed E-state index contributed by atoms with van der Waals surface area (Å²) in [5.74, 6) is 0.188. The fraction of sp³-hybridized carbons (Fsp3) is 0.929. The molecule has 19 heavy (non-hydrogen) atoms. The molecule has 0 radical (unpaired) electrons. The van der Waals surface area contributed by atoms with Gasteiger partial charge in [0.15, 0.2) is 0 Å². The molecular weight excluding hydrogens is 244 g/mol. The minimum Gasteiger partial charge on any atom is -0.383 e. The highest BCUT2D eigenvalue weighted by Crippen LogP contribution is 2.17. The lowest BCUT2D eigenvalue weighted by atomic mass is 9.91. The van der Waals surface area contributed by atoms with Gasteiger partial charge in [-0.05, 0) is 25.2 Å². The van der Waals surface area contributed by atoms with Crippen LogP contribution in [0.2, 0.25) is 0 Å². The highest BCUT2D eigenvalue weighted by molar-refractivity contribution is 5.82. The van der Waals surface area contributed by atoms with Gasteiger partial charge in [0.1, 0.15) is 0 Å². The van der Waals surface area contributed by atoms with Gasteiger partial charge in [-0.3, -0.25) is 4.79 Å². The van der Waals surface area contributed by atoms with Crippen LogP contribution in [0.5, 0.6) is 0 Å². The highest BCUT2D eigenvalue weighted by atomic mass is 16.5. The van der Waals surface area contributed by atoms with E-state index in [-0.39, 0.29) is 17.9 Å². The van der Waals surface area contributed by atoms with Gasteiger partial charge in [-0.25, -0.2) is 0 Å². The summed E-state index contributed by atoms with van der Waals surface area (Å²) in [5.41, 5.74) is 6.06. The second-order valence-corrected chi connectivity index (χ2v) is 5.28. The van der Waals surface area contributed by atoms with E-state index in [1.54, 1.807) is 7.11 Å². The smallest absolute Gasteiger partial charge is 0.237 e. The lowest BCUT2D eigenvalue weighted by Gasteiger charge is -2.28. The molecule has 1 saturated heterocycles. The van der Waals surface area contributed by atoms with Crippen molar-refractivity contribution in [2.45, 2.75) is 51.1 Å². The number of amides is 1. The van der Waals surface area contributed by atoms with E-state index in [0.717, 1.165) is 32.1 Å². The minimum absolute atomic E-state index is 0.0509. The predicted molar refractivity (Wildman–Crippen MR) is 74.9 cm³/mol. The number of unbranched alkanes of at least 4 members (excludes halogenated alkanes) is 1. The Morgan fingerprint density at radius 1 is 1.47 bits per heavy atom. The number of hydrogen-bond acceptors (Lipinski definition) is 4.